The number of ether oxygens (including phenoxy) is 1. The van der Waals surface area contributed by atoms with Crippen LogP contribution in [-0.2, 0) is 9.53 Å². The van der Waals surface area contributed by atoms with Crippen molar-refractivity contribution in [3.8, 4) is 0 Å². The number of aromatic amines is 1. The summed E-state index contributed by atoms with van der Waals surface area (Å²) in [6, 6.07) is 0. The molecule has 1 atom stereocenters. The molecule has 1 fully saturated rings. The van der Waals surface area contributed by atoms with Crippen LogP contribution in [0.25, 0.3) is 0 Å². The maximum atomic E-state index is 12.6. The van der Waals surface area contributed by atoms with Gasteiger partial charge in [-0.2, -0.15) is 5.10 Å². The molecule has 1 aliphatic heterocycles. The van der Waals surface area contributed by atoms with Crippen LogP contribution in [0.4, 0.5) is 0 Å². The Morgan fingerprint density at radius 2 is 2.14 bits per heavy atom. The second kappa shape index (κ2) is 6.72. The molecular formula is C15H21N3O4. The third kappa shape index (κ3) is 3.18. The lowest BCUT2D eigenvalue weighted by atomic mass is 9.97. The summed E-state index contributed by atoms with van der Waals surface area (Å²) in [7, 11) is 0. The molecule has 120 valence electrons. The summed E-state index contributed by atoms with van der Waals surface area (Å²) in [5.41, 5.74) is 0.803. The van der Waals surface area contributed by atoms with Crippen LogP contribution in [0.15, 0.2) is 4.79 Å². The summed E-state index contributed by atoms with van der Waals surface area (Å²) in [5.74, 6) is -0.949. The largest absolute Gasteiger partial charge is 0.466 e. The molecule has 1 aliphatic rings. The van der Waals surface area contributed by atoms with Gasteiger partial charge in [0.15, 0.2) is 0 Å². The molecule has 0 spiro atoms. The van der Waals surface area contributed by atoms with Crippen LogP contribution in [0.2, 0.25) is 0 Å². The number of likely N-dealkylation sites (tertiary alicyclic amines) is 1. The summed E-state index contributed by atoms with van der Waals surface area (Å²) in [4.78, 5) is 38.0. The topological polar surface area (TPSA) is 92.4 Å². The van der Waals surface area contributed by atoms with E-state index < -0.39 is 5.56 Å². The average molecular weight is 307 g/mol. The molecule has 2 heterocycles. The molecule has 0 unspecified atom stereocenters. The first-order valence-corrected chi connectivity index (χ1v) is 7.47. The lowest BCUT2D eigenvalue weighted by Crippen LogP contribution is -2.44. The van der Waals surface area contributed by atoms with E-state index in [0.717, 1.165) is 6.42 Å². The van der Waals surface area contributed by atoms with Crippen molar-refractivity contribution in [2.24, 2.45) is 5.92 Å². The highest BCUT2D eigenvalue weighted by Crippen LogP contribution is 2.20. The number of hydrogen-bond acceptors (Lipinski definition) is 5. The number of esters is 1. The van der Waals surface area contributed by atoms with Crippen LogP contribution in [0.5, 0.6) is 0 Å². The normalized spacial score (nSPS) is 18.1. The molecule has 1 aromatic rings. The van der Waals surface area contributed by atoms with E-state index in [-0.39, 0.29) is 29.9 Å². The zero-order valence-corrected chi connectivity index (χ0v) is 13.1. The van der Waals surface area contributed by atoms with Gasteiger partial charge in [-0.3, -0.25) is 14.4 Å². The Balaban J connectivity index is 2.21. The number of rotatable bonds is 3. The third-order valence-corrected chi connectivity index (χ3v) is 4.01. The molecule has 0 bridgehead atoms. The van der Waals surface area contributed by atoms with Gasteiger partial charge in [0.25, 0.3) is 11.5 Å². The molecule has 0 saturated carbocycles. The highest BCUT2D eigenvalue weighted by molar-refractivity contribution is 5.95. The van der Waals surface area contributed by atoms with Crippen LogP contribution < -0.4 is 5.56 Å². The summed E-state index contributed by atoms with van der Waals surface area (Å²) in [6.45, 7) is 6.35. The Labute approximate surface area is 128 Å². The average Bonchev–Trinajstić information content (AvgIpc) is 2.51. The number of aryl methyl sites for hydroxylation is 1. The fourth-order valence-corrected chi connectivity index (χ4v) is 2.66. The Morgan fingerprint density at radius 3 is 2.82 bits per heavy atom. The first-order chi connectivity index (χ1) is 10.5. The second-order valence-electron chi connectivity index (χ2n) is 5.48. The quantitative estimate of drug-likeness (QED) is 0.834. The number of nitrogens with zero attached hydrogens (tertiary/aromatic N) is 2. The maximum Gasteiger partial charge on any atom is 0.310 e. The predicted molar refractivity (Wildman–Crippen MR) is 79.6 cm³/mol. The van der Waals surface area contributed by atoms with Gasteiger partial charge in [0, 0.05) is 13.1 Å². The van der Waals surface area contributed by atoms with Gasteiger partial charge in [-0.05, 0) is 39.2 Å². The molecule has 1 N–H and O–H groups in total. The number of nitrogens with one attached hydrogen (secondary N) is 1. The standard InChI is InChI=1S/C15H21N3O4/c1-4-22-15(21)11-6-5-7-18(8-11)14(20)12-9(2)10(3)16-17-13(12)19/h11H,4-8H2,1-3H3,(H,17,19)/t11-/m0/s1. The third-order valence-electron chi connectivity index (χ3n) is 4.01. The minimum Gasteiger partial charge on any atom is -0.466 e. The Bertz CT molecular complexity index is 638. The highest BCUT2D eigenvalue weighted by atomic mass is 16.5. The van der Waals surface area contributed by atoms with E-state index in [4.69, 9.17) is 4.74 Å². The minimum atomic E-state index is -0.494. The molecule has 1 amide bonds. The lowest BCUT2D eigenvalue weighted by molar-refractivity contribution is -0.149. The van der Waals surface area contributed by atoms with Crippen molar-refractivity contribution in [3.05, 3.63) is 27.2 Å². The SMILES string of the molecule is CCOC(=O)[C@H]1CCCN(C(=O)c2c(C)c(C)n[nH]c2=O)C1. The molecule has 0 radical (unpaired) electrons. The van der Waals surface area contributed by atoms with Crippen LogP contribution >= 0.6 is 0 Å². The number of H-pyrrole nitrogens is 1. The van der Waals surface area contributed by atoms with Crippen molar-refractivity contribution >= 4 is 11.9 Å². The van der Waals surface area contributed by atoms with Gasteiger partial charge < -0.3 is 9.64 Å². The van der Waals surface area contributed by atoms with Crippen molar-refractivity contribution in [2.75, 3.05) is 19.7 Å². The van der Waals surface area contributed by atoms with Gasteiger partial charge in [-0.25, -0.2) is 5.10 Å². The van der Waals surface area contributed by atoms with Gasteiger partial charge >= 0.3 is 5.97 Å². The molecule has 1 aromatic heterocycles. The molecule has 7 heteroatoms. The van der Waals surface area contributed by atoms with Gasteiger partial charge in [0.05, 0.1) is 18.2 Å². The van der Waals surface area contributed by atoms with Crippen molar-refractivity contribution in [2.45, 2.75) is 33.6 Å². The second-order valence-corrected chi connectivity index (χ2v) is 5.48. The smallest absolute Gasteiger partial charge is 0.310 e. The number of aromatic nitrogens is 2. The number of carbonyl (C=O) groups is 2. The van der Waals surface area contributed by atoms with Crippen molar-refractivity contribution < 1.29 is 14.3 Å². The number of amides is 1. The van der Waals surface area contributed by atoms with Crippen LogP contribution in [0, 0.1) is 19.8 Å². The van der Waals surface area contributed by atoms with Crippen LogP contribution in [-0.4, -0.2) is 46.7 Å². The van der Waals surface area contributed by atoms with Crippen LogP contribution in [0.1, 0.15) is 41.4 Å². The van der Waals surface area contributed by atoms with Crippen molar-refractivity contribution in [3.63, 3.8) is 0 Å². The summed E-state index contributed by atoms with van der Waals surface area (Å²) in [5, 5.41) is 6.19. The summed E-state index contributed by atoms with van der Waals surface area (Å²) in [6.07, 6.45) is 1.42. The zero-order chi connectivity index (χ0) is 16.3. The van der Waals surface area contributed by atoms with E-state index in [2.05, 4.69) is 10.2 Å². The van der Waals surface area contributed by atoms with Gasteiger partial charge in [-0.15, -0.1) is 0 Å². The highest BCUT2D eigenvalue weighted by Gasteiger charge is 2.31. The van der Waals surface area contributed by atoms with E-state index in [1.807, 2.05) is 0 Å². The molecule has 0 aromatic carbocycles. The number of carbonyl (C=O) groups excluding carboxylic acids is 2. The molecule has 7 nitrogen and oxygen atoms in total. The Morgan fingerprint density at radius 1 is 1.41 bits per heavy atom. The van der Waals surface area contributed by atoms with Crippen molar-refractivity contribution in [1.29, 1.82) is 0 Å². The summed E-state index contributed by atoms with van der Waals surface area (Å²) >= 11 is 0. The van der Waals surface area contributed by atoms with E-state index >= 15 is 0 Å². The fraction of sp³-hybridized carbons (Fsp3) is 0.600. The molecule has 1 saturated heterocycles. The molecule has 0 aliphatic carbocycles. The van der Waals surface area contributed by atoms with Gasteiger partial charge in [0.1, 0.15) is 5.56 Å². The zero-order valence-electron chi connectivity index (χ0n) is 13.1. The fourth-order valence-electron chi connectivity index (χ4n) is 2.66. The van der Waals surface area contributed by atoms with Gasteiger partial charge in [0.2, 0.25) is 0 Å². The van der Waals surface area contributed by atoms with Crippen LogP contribution in [0.3, 0.4) is 0 Å². The van der Waals surface area contributed by atoms with E-state index in [1.165, 1.54) is 0 Å². The summed E-state index contributed by atoms with van der Waals surface area (Å²) < 4.78 is 5.03. The Hall–Kier alpha value is -2.18. The predicted octanol–water partition coefficient (Wildman–Crippen LogP) is 0.802. The Kier molecular flexibility index (Phi) is 4.95. The molecule has 2 rings (SSSR count). The first-order valence-electron chi connectivity index (χ1n) is 7.47. The molecular weight excluding hydrogens is 286 g/mol. The van der Waals surface area contributed by atoms with Crippen molar-refractivity contribution in [1.82, 2.24) is 15.1 Å². The number of hydrogen-bond donors (Lipinski definition) is 1. The number of piperidine rings is 1. The van der Waals surface area contributed by atoms with Gasteiger partial charge in [-0.1, -0.05) is 0 Å². The maximum absolute atomic E-state index is 12.6. The van der Waals surface area contributed by atoms with E-state index in [0.29, 0.717) is 30.8 Å². The minimum absolute atomic E-state index is 0.108. The van der Waals surface area contributed by atoms with E-state index in [9.17, 15) is 14.4 Å². The lowest BCUT2D eigenvalue weighted by Gasteiger charge is -2.31. The van der Waals surface area contributed by atoms with E-state index in [1.54, 1.807) is 25.7 Å². The molecule has 22 heavy (non-hydrogen) atoms. The first kappa shape index (κ1) is 16.2. The monoisotopic (exact) mass is 307 g/mol.